The van der Waals surface area contributed by atoms with Gasteiger partial charge in [0, 0.05) is 18.5 Å². The van der Waals surface area contributed by atoms with Gasteiger partial charge >= 0.3 is 0 Å². The summed E-state index contributed by atoms with van der Waals surface area (Å²) in [4.78, 5) is 14.2. The Morgan fingerprint density at radius 1 is 1.23 bits per heavy atom. The van der Waals surface area contributed by atoms with E-state index in [0.29, 0.717) is 37.3 Å². The number of halogens is 1. The molecule has 1 amide bonds. The third-order valence-corrected chi connectivity index (χ3v) is 5.13. The molecule has 136 valence electrons. The number of nitrogens with zero attached hydrogens (tertiary/aromatic N) is 1. The molecular weight excluding hydrogens is 333 g/mol. The fraction of sp³-hybridized carbons (Fsp3) is 0.381. The van der Waals surface area contributed by atoms with Gasteiger partial charge in [-0.25, -0.2) is 4.39 Å². The molecule has 1 aromatic carbocycles. The Morgan fingerprint density at radius 2 is 2.00 bits per heavy atom. The summed E-state index contributed by atoms with van der Waals surface area (Å²) >= 11 is 0. The van der Waals surface area contributed by atoms with Crippen molar-refractivity contribution in [2.24, 2.45) is 5.92 Å². The summed E-state index contributed by atoms with van der Waals surface area (Å²) in [6, 6.07) is 10.1. The van der Waals surface area contributed by atoms with Gasteiger partial charge in [0.2, 0.25) is 5.91 Å². The lowest BCUT2D eigenvalue weighted by atomic mass is 10.1. The summed E-state index contributed by atoms with van der Waals surface area (Å²) in [5.74, 6) is 2.58. The first kappa shape index (κ1) is 17.0. The molecule has 2 aliphatic rings. The van der Waals surface area contributed by atoms with Gasteiger partial charge < -0.3 is 14.1 Å². The maximum atomic E-state index is 13.1. The molecular formula is C21H22FNO3. The van der Waals surface area contributed by atoms with Crippen LogP contribution >= 0.6 is 0 Å². The first-order chi connectivity index (χ1) is 12.6. The number of carbonyl (C=O) groups excluding carboxylic acids is 1. The zero-order chi connectivity index (χ0) is 18.1. The van der Waals surface area contributed by atoms with Crippen molar-refractivity contribution in [3.05, 3.63) is 65.4 Å². The Hall–Kier alpha value is -2.40. The first-order valence-electron chi connectivity index (χ1n) is 9.04. The van der Waals surface area contributed by atoms with Crippen LogP contribution in [0.1, 0.15) is 42.5 Å². The minimum Gasteiger partial charge on any atom is -0.461 e. The van der Waals surface area contributed by atoms with E-state index in [9.17, 15) is 9.18 Å². The van der Waals surface area contributed by atoms with Crippen molar-refractivity contribution < 1.29 is 18.3 Å². The van der Waals surface area contributed by atoms with Crippen molar-refractivity contribution in [2.45, 2.75) is 25.4 Å². The van der Waals surface area contributed by atoms with E-state index in [4.69, 9.17) is 9.15 Å². The standard InChI is InChI=1S/C21H22FNO3/c1-14-12-18(14)19-8-6-17(26-19)7-9-21(24)23-10-11-25-20(13-23)15-2-4-16(22)5-3-15/h2-9,14,18,20H,10-13H2,1H3. The number of carbonyl (C=O) groups is 1. The molecule has 2 aromatic rings. The molecule has 1 aliphatic heterocycles. The largest absolute Gasteiger partial charge is 0.461 e. The van der Waals surface area contributed by atoms with E-state index >= 15 is 0 Å². The molecule has 5 heteroatoms. The highest BCUT2D eigenvalue weighted by Gasteiger charge is 2.36. The molecule has 0 spiro atoms. The van der Waals surface area contributed by atoms with Crippen LogP contribution in [0.2, 0.25) is 0 Å². The van der Waals surface area contributed by atoms with Gasteiger partial charge in [-0.1, -0.05) is 19.1 Å². The first-order valence-corrected chi connectivity index (χ1v) is 9.04. The van der Waals surface area contributed by atoms with Crippen molar-refractivity contribution in [2.75, 3.05) is 19.7 Å². The molecule has 4 nitrogen and oxygen atoms in total. The van der Waals surface area contributed by atoms with Crippen LogP contribution in [0, 0.1) is 11.7 Å². The number of hydrogen-bond acceptors (Lipinski definition) is 3. The number of benzene rings is 1. The zero-order valence-electron chi connectivity index (χ0n) is 14.7. The molecule has 0 radical (unpaired) electrons. The molecule has 3 unspecified atom stereocenters. The van der Waals surface area contributed by atoms with Crippen molar-refractivity contribution >= 4 is 12.0 Å². The van der Waals surface area contributed by atoms with Crippen LogP contribution in [0.5, 0.6) is 0 Å². The fourth-order valence-electron chi connectivity index (χ4n) is 3.36. The molecule has 0 N–H and O–H groups in total. The average molecular weight is 355 g/mol. The van der Waals surface area contributed by atoms with Gasteiger partial charge in [-0.2, -0.15) is 0 Å². The highest BCUT2D eigenvalue weighted by Crippen LogP contribution is 2.47. The molecule has 0 bridgehead atoms. The van der Waals surface area contributed by atoms with Crippen molar-refractivity contribution in [1.82, 2.24) is 4.90 Å². The highest BCUT2D eigenvalue weighted by atomic mass is 19.1. The fourth-order valence-corrected chi connectivity index (χ4v) is 3.36. The lowest BCUT2D eigenvalue weighted by Gasteiger charge is -2.32. The van der Waals surface area contributed by atoms with E-state index in [-0.39, 0.29) is 17.8 Å². The smallest absolute Gasteiger partial charge is 0.246 e. The van der Waals surface area contributed by atoms with Crippen molar-refractivity contribution in [3.63, 3.8) is 0 Å². The number of morpholine rings is 1. The summed E-state index contributed by atoms with van der Waals surface area (Å²) in [6.45, 7) is 3.68. The molecule has 1 saturated heterocycles. The van der Waals surface area contributed by atoms with E-state index in [1.807, 2.05) is 12.1 Å². The monoisotopic (exact) mass is 355 g/mol. The topological polar surface area (TPSA) is 42.7 Å². The van der Waals surface area contributed by atoms with Gasteiger partial charge in [0.05, 0.1) is 13.2 Å². The lowest BCUT2D eigenvalue weighted by Crippen LogP contribution is -2.41. The molecule has 1 aromatic heterocycles. The number of rotatable bonds is 4. The van der Waals surface area contributed by atoms with Gasteiger partial charge in [-0.3, -0.25) is 4.79 Å². The summed E-state index contributed by atoms with van der Waals surface area (Å²) in [5, 5.41) is 0. The van der Waals surface area contributed by atoms with E-state index < -0.39 is 0 Å². The minimum atomic E-state index is -0.279. The Bertz CT molecular complexity index is 811. The Kier molecular flexibility index (Phi) is 4.64. The van der Waals surface area contributed by atoms with E-state index in [1.54, 1.807) is 29.2 Å². The van der Waals surface area contributed by atoms with Gasteiger partial charge in [-0.05, 0) is 48.2 Å². The van der Waals surface area contributed by atoms with Gasteiger partial charge in [0.25, 0.3) is 0 Å². The second kappa shape index (κ2) is 7.08. The van der Waals surface area contributed by atoms with E-state index in [0.717, 1.165) is 11.3 Å². The minimum absolute atomic E-state index is 0.0712. The van der Waals surface area contributed by atoms with Gasteiger partial charge in [0.1, 0.15) is 23.4 Å². The van der Waals surface area contributed by atoms with Gasteiger partial charge in [-0.15, -0.1) is 0 Å². The highest BCUT2D eigenvalue weighted by molar-refractivity contribution is 5.91. The van der Waals surface area contributed by atoms with Crippen LogP contribution in [-0.2, 0) is 9.53 Å². The lowest BCUT2D eigenvalue weighted by molar-refractivity contribution is -0.133. The SMILES string of the molecule is CC1CC1c1ccc(C=CC(=O)N2CCOC(c3ccc(F)cc3)C2)o1. The molecule has 3 atom stereocenters. The van der Waals surface area contributed by atoms with Gasteiger partial charge in [0.15, 0.2) is 0 Å². The van der Waals surface area contributed by atoms with Crippen LogP contribution in [0.3, 0.4) is 0 Å². The second-order valence-corrected chi connectivity index (χ2v) is 7.09. The Morgan fingerprint density at radius 3 is 2.73 bits per heavy atom. The van der Waals surface area contributed by atoms with E-state index in [1.165, 1.54) is 18.6 Å². The number of hydrogen-bond donors (Lipinski definition) is 0. The van der Waals surface area contributed by atoms with Crippen molar-refractivity contribution in [3.8, 4) is 0 Å². The third kappa shape index (κ3) is 3.73. The third-order valence-electron chi connectivity index (χ3n) is 5.13. The van der Waals surface area contributed by atoms with Crippen LogP contribution in [0.4, 0.5) is 4.39 Å². The normalized spacial score (nSPS) is 25.6. The van der Waals surface area contributed by atoms with Crippen LogP contribution in [0.15, 0.2) is 46.9 Å². The summed E-state index contributed by atoms with van der Waals surface area (Å²) in [7, 11) is 0. The second-order valence-electron chi connectivity index (χ2n) is 7.09. The molecule has 4 rings (SSSR count). The summed E-state index contributed by atoms with van der Waals surface area (Å²) < 4.78 is 24.6. The van der Waals surface area contributed by atoms with Crippen LogP contribution in [-0.4, -0.2) is 30.5 Å². The Balaban J connectivity index is 1.37. The average Bonchev–Trinajstić information content (AvgIpc) is 3.20. The predicted octanol–water partition coefficient (Wildman–Crippen LogP) is 4.16. The molecule has 2 heterocycles. The molecule has 1 aliphatic carbocycles. The maximum Gasteiger partial charge on any atom is 0.246 e. The maximum absolute atomic E-state index is 13.1. The summed E-state index contributed by atoms with van der Waals surface area (Å²) in [6.07, 6.45) is 4.22. The zero-order valence-corrected chi connectivity index (χ0v) is 14.7. The summed E-state index contributed by atoms with van der Waals surface area (Å²) in [5.41, 5.74) is 0.877. The Labute approximate surface area is 152 Å². The molecule has 1 saturated carbocycles. The van der Waals surface area contributed by atoms with Crippen LogP contribution < -0.4 is 0 Å². The van der Waals surface area contributed by atoms with Crippen LogP contribution in [0.25, 0.3) is 6.08 Å². The molecule has 2 fully saturated rings. The number of ether oxygens (including phenoxy) is 1. The quantitative estimate of drug-likeness (QED) is 0.774. The van der Waals surface area contributed by atoms with Crippen molar-refractivity contribution in [1.29, 1.82) is 0 Å². The number of furan rings is 1. The molecule has 26 heavy (non-hydrogen) atoms. The number of amides is 1. The predicted molar refractivity (Wildman–Crippen MR) is 95.9 cm³/mol. The van der Waals surface area contributed by atoms with E-state index in [2.05, 4.69) is 6.92 Å².